The summed E-state index contributed by atoms with van der Waals surface area (Å²) in [6, 6.07) is -3.78. The van der Waals surface area contributed by atoms with Crippen LogP contribution >= 0.6 is 12.6 Å². The molecule has 0 bridgehead atoms. The van der Waals surface area contributed by atoms with E-state index in [4.69, 9.17) is 22.3 Å². The maximum atomic E-state index is 12.3. The molecule has 13 nitrogen and oxygen atoms in total. The van der Waals surface area contributed by atoms with Gasteiger partial charge in [0.15, 0.2) is 0 Å². The van der Waals surface area contributed by atoms with Gasteiger partial charge in [-0.15, -0.1) is 0 Å². The molecule has 0 aliphatic heterocycles. The van der Waals surface area contributed by atoms with Crippen molar-refractivity contribution in [2.24, 2.45) is 17.2 Å². The van der Waals surface area contributed by atoms with Gasteiger partial charge in [0.2, 0.25) is 29.5 Å². The maximum absolute atomic E-state index is 12.3. The number of thiol groups is 1. The average Bonchev–Trinajstić information content (AvgIpc) is 2.60. The first-order chi connectivity index (χ1) is 13.0. The van der Waals surface area contributed by atoms with E-state index in [1.807, 2.05) is 5.32 Å². The van der Waals surface area contributed by atoms with E-state index >= 15 is 0 Å². The third-order valence-corrected chi connectivity index (χ3v) is 3.67. The molecule has 10 N–H and O–H groups in total. The quantitative estimate of drug-likeness (QED) is 0.135. The highest BCUT2D eigenvalue weighted by molar-refractivity contribution is 7.80. The van der Waals surface area contributed by atoms with Gasteiger partial charge in [0, 0.05) is 12.2 Å². The van der Waals surface area contributed by atoms with Gasteiger partial charge in [-0.1, -0.05) is 0 Å². The number of nitrogens with two attached hydrogens (primary N) is 3. The highest BCUT2D eigenvalue weighted by atomic mass is 32.1. The zero-order valence-corrected chi connectivity index (χ0v) is 15.7. The summed E-state index contributed by atoms with van der Waals surface area (Å²) in [5, 5.41) is 15.1. The largest absolute Gasteiger partial charge is 0.480 e. The molecule has 0 radical (unpaired) electrons. The maximum Gasteiger partial charge on any atom is 0.322 e. The van der Waals surface area contributed by atoms with Crippen LogP contribution in [0.2, 0.25) is 0 Å². The van der Waals surface area contributed by atoms with Crippen LogP contribution in [0.3, 0.4) is 0 Å². The van der Waals surface area contributed by atoms with Crippen LogP contribution in [-0.2, 0) is 28.8 Å². The van der Waals surface area contributed by atoms with E-state index in [0.29, 0.717) is 0 Å². The van der Waals surface area contributed by atoms with Crippen molar-refractivity contribution in [3.05, 3.63) is 0 Å². The number of aliphatic carboxylic acids is 1. The number of carbonyl (C=O) groups is 6. The van der Waals surface area contributed by atoms with Crippen molar-refractivity contribution >= 4 is 48.1 Å². The minimum Gasteiger partial charge on any atom is -0.480 e. The Morgan fingerprint density at radius 2 is 1.46 bits per heavy atom. The molecular formula is C14H24N6O7S. The van der Waals surface area contributed by atoms with Crippen molar-refractivity contribution < 1.29 is 33.9 Å². The lowest BCUT2D eigenvalue weighted by Crippen LogP contribution is -2.57. The van der Waals surface area contributed by atoms with E-state index in [1.54, 1.807) is 0 Å². The first kappa shape index (κ1) is 25.1. The Morgan fingerprint density at radius 3 is 1.93 bits per heavy atom. The lowest BCUT2D eigenvalue weighted by atomic mass is 10.1. The Hall–Kier alpha value is -2.87. The normalized spacial score (nSPS) is 13.5. The second-order valence-corrected chi connectivity index (χ2v) is 6.06. The fourth-order valence-electron chi connectivity index (χ4n) is 1.87. The van der Waals surface area contributed by atoms with Crippen LogP contribution in [0.1, 0.15) is 19.3 Å². The molecule has 0 aromatic heterocycles. The van der Waals surface area contributed by atoms with Gasteiger partial charge < -0.3 is 38.3 Å². The second-order valence-electron chi connectivity index (χ2n) is 5.70. The van der Waals surface area contributed by atoms with Crippen molar-refractivity contribution in [3.8, 4) is 0 Å². The lowest BCUT2D eigenvalue weighted by Gasteiger charge is -2.22. The van der Waals surface area contributed by atoms with Gasteiger partial charge in [-0.25, -0.2) is 0 Å². The zero-order valence-electron chi connectivity index (χ0n) is 14.8. The molecule has 0 spiro atoms. The summed E-state index contributed by atoms with van der Waals surface area (Å²) < 4.78 is 0. The molecule has 14 heteroatoms. The molecule has 0 aliphatic carbocycles. The van der Waals surface area contributed by atoms with E-state index in [2.05, 4.69) is 23.3 Å². The summed E-state index contributed by atoms with van der Waals surface area (Å²) in [5.41, 5.74) is 15.6. The Morgan fingerprint density at radius 1 is 0.893 bits per heavy atom. The molecule has 3 unspecified atom stereocenters. The summed E-state index contributed by atoms with van der Waals surface area (Å²) in [6.45, 7) is -0.731. The second kappa shape index (κ2) is 12.5. The molecule has 0 aliphatic rings. The first-order valence-corrected chi connectivity index (χ1v) is 8.64. The standard InChI is InChI=1S/C14H24N6O7S/c15-6(1-2-9(16)21)12(25)20-8(5-28)14(27)19-7(3-10(17)22)13(26)18-4-11(23)24/h6-8,28H,1-5,15H2,(H2,16,21)(H2,17,22)(H,18,26)(H,19,27)(H,20,25)(H,23,24). The predicted octanol–water partition coefficient (Wildman–Crippen LogP) is -4.45. The predicted molar refractivity (Wildman–Crippen MR) is 98.6 cm³/mol. The zero-order chi connectivity index (χ0) is 21.9. The SMILES string of the molecule is NC(=O)CCC(N)C(=O)NC(CS)C(=O)NC(CC(N)=O)C(=O)NCC(=O)O. The number of rotatable bonds is 13. The van der Waals surface area contributed by atoms with Crippen molar-refractivity contribution in [1.82, 2.24) is 16.0 Å². The van der Waals surface area contributed by atoms with Gasteiger partial charge in [0.25, 0.3) is 0 Å². The van der Waals surface area contributed by atoms with Crippen molar-refractivity contribution in [1.29, 1.82) is 0 Å². The third kappa shape index (κ3) is 10.3. The number of hydrogen-bond donors (Lipinski definition) is 8. The summed E-state index contributed by atoms with van der Waals surface area (Å²) in [4.78, 5) is 68.6. The molecule has 0 rings (SSSR count). The topological polar surface area (TPSA) is 237 Å². The monoisotopic (exact) mass is 420 g/mol. The molecule has 0 saturated carbocycles. The van der Waals surface area contributed by atoms with Crippen molar-refractivity contribution in [2.75, 3.05) is 12.3 Å². The fraction of sp³-hybridized carbons (Fsp3) is 0.571. The van der Waals surface area contributed by atoms with Gasteiger partial charge in [-0.05, 0) is 6.42 Å². The summed E-state index contributed by atoms with van der Waals surface area (Å²) in [5.74, 6) is -5.65. The summed E-state index contributed by atoms with van der Waals surface area (Å²) >= 11 is 3.93. The van der Waals surface area contributed by atoms with Crippen LogP contribution in [0, 0.1) is 0 Å². The first-order valence-electron chi connectivity index (χ1n) is 8.01. The van der Waals surface area contributed by atoms with E-state index in [0.717, 1.165) is 0 Å². The highest BCUT2D eigenvalue weighted by Crippen LogP contribution is 1.99. The molecule has 28 heavy (non-hydrogen) atoms. The molecule has 5 amide bonds. The fourth-order valence-corrected chi connectivity index (χ4v) is 2.13. The average molecular weight is 420 g/mol. The minimum absolute atomic E-state index is 0.0377. The Kier molecular flexibility index (Phi) is 11.2. The Labute approximate surface area is 165 Å². The number of amides is 5. The molecule has 3 atom stereocenters. The van der Waals surface area contributed by atoms with Crippen molar-refractivity contribution in [3.63, 3.8) is 0 Å². The molecule has 158 valence electrons. The van der Waals surface area contributed by atoms with Crippen LogP contribution in [0.25, 0.3) is 0 Å². The lowest BCUT2D eigenvalue weighted by molar-refractivity contribution is -0.138. The molecular weight excluding hydrogens is 396 g/mol. The third-order valence-electron chi connectivity index (χ3n) is 3.31. The summed E-state index contributed by atoms with van der Waals surface area (Å²) in [6.07, 6.45) is -0.761. The van der Waals surface area contributed by atoms with E-state index in [9.17, 15) is 28.8 Å². The van der Waals surface area contributed by atoms with Crippen LogP contribution in [-0.4, -0.2) is 71.0 Å². The van der Waals surface area contributed by atoms with E-state index in [1.165, 1.54) is 0 Å². The van der Waals surface area contributed by atoms with Gasteiger partial charge in [0.1, 0.15) is 18.6 Å². The van der Waals surface area contributed by atoms with E-state index < -0.39 is 66.6 Å². The minimum atomic E-state index is -1.45. The van der Waals surface area contributed by atoms with Crippen molar-refractivity contribution in [2.45, 2.75) is 37.4 Å². The van der Waals surface area contributed by atoms with Crippen LogP contribution in [0.15, 0.2) is 0 Å². The number of carboxylic acid groups (broad SMARTS) is 1. The number of nitrogens with one attached hydrogen (secondary N) is 3. The number of primary amides is 2. The van der Waals surface area contributed by atoms with E-state index in [-0.39, 0.29) is 18.6 Å². The summed E-state index contributed by atoms with van der Waals surface area (Å²) in [7, 11) is 0. The Balaban J connectivity index is 4.96. The Bertz CT molecular complexity index is 629. The van der Waals surface area contributed by atoms with Crippen LogP contribution in [0.4, 0.5) is 0 Å². The van der Waals surface area contributed by atoms with Gasteiger partial charge in [-0.3, -0.25) is 28.8 Å². The molecule has 0 saturated heterocycles. The number of carbonyl (C=O) groups excluding carboxylic acids is 5. The van der Waals surface area contributed by atoms with Crippen LogP contribution < -0.4 is 33.2 Å². The number of hydrogen-bond acceptors (Lipinski definition) is 8. The molecule has 0 heterocycles. The molecule has 0 aromatic carbocycles. The highest BCUT2D eigenvalue weighted by Gasteiger charge is 2.28. The molecule has 0 fully saturated rings. The number of carboxylic acids is 1. The molecule has 0 aromatic rings. The van der Waals surface area contributed by atoms with Gasteiger partial charge in [0.05, 0.1) is 12.5 Å². The smallest absolute Gasteiger partial charge is 0.322 e. The van der Waals surface area contributed by atoms with Gasteiger partial charge >= 0.3 is 5.97 Å². The van der Waals surface area contributed by atoms with Crippen LogP contribution in [0.5, 0.6) is 0 Å². The van der Waals surface area contributed by atoms with Gasteiger partial charge in [-0.2, -0.15) is 12.6 Å².